The highest BCUT2D eigenvalue weighted by atomic mass is 35.5. The first kappa shape index (κ1) is 30.6. The molecule has 3 heterocycles. The Morgan fingerprint density at radius 3 is 2.61 bits per heavy atom. The van der Waals surface area contributed by atoms with Crippen LogP contribution in [-0.2, 0) is 21.3 Å². The molecule has 11 heteroatoms. The first-order valence-corrected chi connectivity index (χ1v) is 15.8. The number of hydrogen-bond acceptors (Lipinski definition) is 7. The number of carbonyl (C=O) groups is 2. The lowest BCUT2D eigenvalue weighted by Crippen LogP contribution is -2.52. The summed E-state index contributed by atoms with van der Waals surface area (Å²) in [6.45, 7) is 7.38. The maximum atomic E-state index is 13.1. The molecule has 2 aliphatic heterocycles. The Morgan fingerprint density at radius 2 is 1.95 bits per heavy atom. The molecule has 2 aliphatic carbocycles. The Kier molecular flexibility index (Phi) is 8.68. The molecule has 2 aromatic rings. The van der Waals surface area contributed by atoms with E-state index < -0.39 is 6.04 Å². The average molecular weight is 621 g/mol. The van der Waals surface area contributed by atoms with Gasteiger partial charge in [-0.3, -0.25) is 14.7 Å². The normalized spacial score (nSPS) is 21.7. The third-order valence-electron chi connectivity index (χ3n) is 9.33. The highest BCUT2D eigenvalue weighted by molar-refractivity contribution is 6.30. The molecule has 234 valence electrons. The minimum Gasteiger partial charge on any atom is -0.443 e. The fourth-order valence-corrected chi connectivity index (χ4v) is 6.78. The molecule has 0 radical (unpaired) electrons. The summed E-state index contributed by atoms with van der Waals surface area (Å²) >= 11 is 6.66. The average Bonchev–Trinajstić information content (AvgIpc) is 3.70. The van der Waals surface area contributed by atoms with E-state index in [-0.39, 0.29) is 30.3 Å². The number of aryl methyl sites for hydroxylation is 1. The number of methoxy groups -OCH3 is 1. The van der Waals surface area contributed by atoms with Crippen molar-refractivity contribution in [1.82, 2.24) is 24.7 Å². The number of amides is 2. The number of carbonyl (C=O) groups excluding carboxylic acids is 2. The number of nitrogens with one attached hydrogen (secondary N) is 1. The van der Waals surface area contributed by atoms with Crippen LogP contribution in [0.1, 0.15) is 62.0 Å². The second-order valence-electron chi connectivity index (χ2n) is 12.4. The number of nitrogens with zero attached hydrogens (tertiary/aromatic N) is 5. The van der Waals surface area contributed by atoms with Crippen molar-refractivity contribution in [2.75, 3.05) is 46.4 Å². The molecule has 2 amide bonds. The zero-order chi connectivity index (χ0) is 31.0. The van der Waals surface area contributed by atoms with Crippen molar-refractivity contribution in [2.45, 2.75) is 50.8 Å². The first-order chi connectivity index (χ1) is 21.2. The smallest absolute Gasteiger partial charge is 0.410 e. The summed E-state index contributed by atoms with van der Waals surface area (Å²) in [5.41, 5.74) is 5.48. The predicted molar refractivity (Wildman–Crippen MR) is 170 cm³/mol. The number of ether oxygens (including phenoxy) is 2. The van der Waals surface area contributed by atoms with Crippen LogP contribution < -0.4 is 5.32 Å². The number of rotatable bonds is 8. The number of aromatic nitrogens is 2. The zero-order valence-corrected chi connectivity index (χ0v) is 26.6. The maximum Gasteiger partial charge on any atom is 0.410 e. The molecule has 0 bridgehead atoms. The molecule has 2 fully saturated rings. The van der Waals surface area contributed by atoms with E-state index in [2.05, 4.69) is 47.3 Å². The quantitative estimate of drug-likeness (QED) is 0.458. The molecule has 1 saturated heterocycles. The van der Waals surface area contributed by atoms with Crippen molar-refractivity contribution in [2.24, 2.45) is 18.0 Å². The van der Waals surface area contributed by atoms with Crippen molar-refractivity contribution < 1.29 is 19.1 Å². The monoisotopic (exact) mass is 620 g/mol. The third-order valence-corrected chi connectivity index (χ3v) is 9.56. The number of aliphatic imine (C=N–C) groups is 1. The summed E-state index contributed by atoms with van der Waals surface area (Å²) in [6.07, 6.45) is 10.4. The number of imidazole rings is 1. The Morgan fingerprint density at radius 1 is 1.18 bits per heavy atom. The van der Waals surface area contributed by atoms with Gasteiger partial charge in [-0.05, 0) is 65.7 Å². The molecular formula is C33H41ClN6O4. The summed E-state index contributed by atoms with van der Waals surface area (Å²) in [6, 6.07) is 5.32. The highest BCUT2D eigenvalue weighted by Crippen LogP contribution is 2.47. The second kappa shape index (κ2) is 12.5. The van der Waals surface area contributed by atoms with Crippen molar-refractivity contribution in [3.05, 3.63) is 70.3 Å². The van der Waals surface area contributed by atoms with Gasteiger partial charge in [0.05, 0.1) is 36.0 Å². The Hall–Kier alpha value is -3.47. The van der Waals surface area contributed by atoms with E-state index in [9.17, 15) is 9.59 Å². The van der Waals surface area contributed by atoms with Crippen LogP contribution in [0.25, 0.3) is 5.57 Å². The van der Waals surface area contributed by atoms with Gasteiger partial charge in [-0.1, -0.05) is 37.6 Å². The lowest BCUT2D eigenvalue weighted by atomic mass is 9.89. The van der Waals surface area contributed by atoms with Gasteiger partial charge in [-0.25, -0.2) is 9.78 Å². The molecule has 2 atom stereocenters. The van der Waals surface area contributed by atoms with Gasteiger partial charge in [0.25, 0.3) is 0 Å². The minimum absolute atomic E-state index is 0.0624. The Bertz CT molecular complexity index is 1520. The van der Waals surface area contributed by atoms with Crippen LogP contribution in [0.3, 0.4) is 0 Å². The van der Waals surface area contributed by atoms with E-state index in [0.717, 1.165) is 52.9 Å². The maximum absolute atomic E-state index is 13.1. The fourth-order valence-electron chi connectivity index (χ4n) is 6.61. The van der Waals surface area contributed by atoms with Crippen LogP contribution in [0.15, 0.2) is 53.4 Å². The number of hydrogen-bond donors (Lipinski definition) is 1. The van der Waals surface area contributed by atoms with E-state index in [4.69, 9.17) is 26.1 Å². The van der Waals surface area contributed by atoms with Gasteiger partial charge in [0.1, 0.15) is 12.2 Å². The molecule has 4 aliphatic rings. The van der Waals surface area contributed by atoms with Crippen LogP contribution in [0.4, 0.5) is 4.79 Å². The third kappa shape index (κ3) is 5.95. The highest BCUT2D eigenvalue weighted by Gasteiger charge is 2.50. The molecule has 0 spiro atoms. The van der Waals surface area contributed by atoms with Gasteiger partial charge in [-0.15, -0.1) is 0 Å². The number of benzene rings is 1. The van der Waals surface area contributed by atoms with Gasteiger partial charge in [0.2, 0.25) is 5.91 Å². The van der Waals surface area contributed by atoms with E-state index in [1.54, 1.807) is 12.5 Å². The fraction of sp³-hybridized carbons (Fsp3) is 0.515. The lowest BCUT2D eigenvalue weighted by molar-refractivity contribution is -0.125. The summed E-state index contributed by atoms with van der Waals surface area (Å²) in [5.74, 6) is 0.0802. The van der Waals surface area contributed by atoms with E-state index in [1.807, 2.05) is 28.6 Å². The van der Waals surface area contributed by atoms with Gasteiger partial charge in [-0.2, -0.15) is 0 Å². The van der Waals surface area contributed by atoms with Crippen molar-refractivity contribution in [3.63, 3.8) is 0 Å². The number of allylic oxidation sites excluding steroid dienone is 1. The predicted octanol–water partition coefficient (Wildman–Crippen LogP) is 4.73. The van der Waals surface area contributed by atoms with E-state index in [1.165, 1.54) is 7.11 Å². The summed E-state index contributed by atoms with van der Waals surface area (Å²) in [5, 5.41) is 3.79. The number of halogens is 1. The lowest BCUT2D eigenvalue weighted by Gasteiger charge is -2.40. The van der Waals surface area contributed by atoms with Gasteiger partial charge in [0, 0.05) is 51.9 Å². The summed E-state index contributed by atoms with van der Waals surface area (Å²) in [7, 11) is 3.42. The molecule has 44 heavy (non-hydrogen) atoms. The Labute approximate surface area is 263 Å². The van der Waals surface area contributed by atoms with Gasteiger partial charge >= 0.3 is 6.09 Å². The van der Waals surface area contributed by atoms with Crippen LogP contribution in [-0.4, -0.2) is 89.1 Å². The van der Waals surface area contributed by atoms with Crippen molar-refractivity contribution in [1.29, 1.82) is 0 Å². The SMILES string of the molecule is COCC(=O)NC(C1=CC2=CCCN=C2C(N2CCN(C(=O)OC3(C(C)C)CC3)CC2)c2ccc(Cl)cc21)c1cncn1C. The molecule has 1 aromatic carbocycles. The van der Waals surface area contributed by atoms with Gasteiger partial charge in [0.15, 0.2) is 0 Å². The topological polar surface area (TPSA) is 101 Å². The number of fused-ring (bicyclic) bond motifs is 2. The first-order valence-electron chi connectivity index (χ1n) is 15.4. The second-order valence-corrected chi connectivity index (χ2v) is 12.9. The number of dihydropyridines is 1. The van der Waals surface area contributed by atoms with E-state index >= 15 is 0 Å². The molecule has 1 N–H and O–H groups in total. The van der Waals surface area contributed by atoms with Gasteiger partial charge < -0.3 is 24.3 Å². The molecule has 2 unspecified atom stereocenters. The molecular weight excluding hydrogens is 580 g/mol. The van der Waals surface area contributed by atoms with Crippen LogP contribution in [0.5, 0.6) is 0 Å². The Balaban J connectivity index is 1.35. The summed E-state index contributed by atoms with van der Waals surface area (Å²) in [4.78, 5) is 39.8. The molecule has 10 nitrogen and oxygen atoms in total. The molecule has 6 rings (SSSR count). The zero-order valence-electron chi connectivity index (χ0n) is 25.9. The summed E-state index contributed by atoms with van der Waals surface area (Å²) < 4.78 is 13.1. The van der Waals surface area contributed by atoms with Crippen molar-refractivity contribution >= 4 is 34.9 Å². The van der Waals surface area contributed by atoms with Crippen LogP contribution in [0.2, 0.25) is 5.02 Å². The molecule has 1 aromatic heterocycles. The minimum atomic E-state index is -0.507. The van der Waals surface area contributed by atoms with Crippen LogP contribution >= 0.6 is 11.6 Å². The molecule has 1 saturated carbocycles. The largest absolute Gasteiger partial charge is 0.443 e. The van der Waals surface area contributed by atoms with E-state index in [0.29, 0.717) is 43.7 Å². The van der Waals surface area contributed by atoms with Crippen molar-refractivity contribution in [3.8, 4) is 0 Å². The number of piperazine rings is 1. The standard InChI is InChI=1S/C33H41ClN6O4/c1-21(2)33(9-10-33)44-32(42)40-14-12-39(13-15-40)31-24-8-7-23(34)17-25(24)26(16-22-6-5-11-36-29(22)31)30(37-28(41)19-43-4)27-18-35-20-38(27)3/h6-8,16-18,20-21,30-31H,5,9-15,19H2,1-4H3,(H,37,41). The van der Waals surface area contributed by atoms with Crippen LogP contribution in [0, 0.1) is 5.92 Å².